The van der Waals surface area contributed by atoms with Crippen LogP contribution in [0.25, 0.3) is 0 Å². The molecule has 35 heavy (non-hydrogen) atoms. The molecule has 2 N–H and O–H groups in total. The normalized spacial score (nSPS) is 16.0. The van der Waals surface area contributed by atoms with E-state index in [4.69, 9.17) is 0 Å². The lowest BCUT2D eigenvalue weighted by molar-refractivity contribution is -0.120. The minimum absolute atomic E-state index is 0.0490. The number of thiazole rings is 1. The summed E-state index contributed by atoms with van der Waals surface area (Å²) in [6.45, 7) is 7.50. The van der Waals surface area contributed by atoms with Crippen molar-refractivity contribution in [3.63, 3.8) is 0 Å². The molecular formula is C26H37N5O3S. The minimum atomic E-state index is -0.306. The third-order valence-electron chi connectivity index (χ3n) is 6.16. The van der Waals surface area contributed by atoms with Gasteiger partial charge in [-0.05, 0) is 51.3 Å². The van der Waals surface area contributed by atoms with Crippen LogP contribution in [0.15, 0.2) is 35.7 Å². The average Bonchev–Trinajstić information content (AvgIpc) is 3.29. The number of anilines is 1. The summed E-state index contributed by atoms with van der Waals surface area (Å²) in [5, 5.41) is 7.94. The Morgan fingerprint density at radius 3 is 2.71 bits per heavy atom. The molecule has 0 unspecified atom stereocenters. The maximum atomic E-state index is 12.7. The van der Waals surface area contributed by atoms with Crippen molar-refractivity contribution in [2.24, 2.45) is 0 Å². The first-order chi connectivity index (χ1) is 17.0. The number of nitrogens with zero attached hydrogens (tertiary/aromatic N) is 3. The molecule has 2 aromatic rings. The molecule has 0 bridgehead atoms. The summed E-state index contributed by atoms with van der Waals surface area (Å²) in [6.07, 6.45) is 5.70. The Hall–Kier alpha value is -2.78. The highest BCUT2D eigenvalue weighted by atomic mass is 32.1. The maximum absolute atomic E-state index is 12.7. The molecule has 3 amide bonds. The number of carbonyl (C=O) groups excluding carboxylic acids is 3. The van der Waals surface area contributed by atoms with Gasteiger partial charge in [-0.3, -0.25) is 14.4 Å². The summed E-state index contributed by atoms with van der Waals surface area (Å²) >= 11 is 1.28. The van der Waals surface area contributed by atoms with E-state index in [9.17, 15) is 14.4 Å². The number of piperidine rings is 1. The highest BCUT2D eigenvalue weighted by molar-refractivity contribution is 7.13. The predicted molar refractivity (Wildman–Crippen MR) is 140 cm³/mol. The van der Waals surface area contributed by atoms with E-state index in [1.54, 1.807) is 29.6 Å². The van der Waals surface area contributed by atoms with Crippen LogP contribution in [-0.2, 0) is 16.0 Å². The zero-order valence-corrected chi connectivity index (χ0v) is 21.6. The fourth-order valence-corrected chi connectivity index (χ4v) is 5.02. The molecule has 8 nitrogen and oxygen atoms in total. The smallest absolute Gasteiger partial charge is 0.254 e. The molecule has 1 fully saturated rings. The molecule has 0 spiro atoms. The number of benzene rings is 1. The van der Waals surface area contributed by atoms with Gasteiger partial charge in [0.2, 0.25) is 11.8 Å². The Morgan fingerprint density at radius 2 is 1.97 bits per heavy atom. The van der Waals surface area contributed by atoms with E-state index in [-0.39, 0.29) is 30.7 Å². The van der Waals surface area contributed by atoms with Crippen LogP contribution < -0.4 is 10.6 Å². The highest BCUT2D eigenvalue weighted by Gasteiger charge is 2.19. The van der Waals surface area contributed by atoms with E-state index in [1.165, 1.54) is 35.5 Å². The Kier molecular flexibility index (Phi) is 10.7. The molecule has 0 radical (unpaired) electrons. The van der Waals surface area contributed by atoms with Gasteiger partial charge in [0.15, 0.2) is 5.13 Å². The summed E-state index contributed by atoms with van der Waals surface area (Å²) in [4.78, 5) is 46.0. The van der Waals surface area contributed by atoms with Gasteiger partial charge in [-0.1, -0.05) is 31.5 Å². The second-order valence-corrected chi connectivity index (χ2v) is 9.90. The molecule has 190 valence electrons. The Labute approximate surface area is 212 Å². The van der Waals surface area contributed by atoms with Crippen molar-refractivity contribution in [1.29, 1.82) is 0 Å². The second kappa shape index (κ2) is 13.9. The first-order valence-electron chi connectivity index (χ1n) is 12.6. The predicted octanol–water partition coefficient (Wildman–Crippen LogP) is 3.56. The third kappa shape index (κ3) is 8.74. The van der Waals surface area contributed by atoms with Crippen molar-refractivity contribution < 1.29 is 14.4 Å². The van der Waals surface area contributed by atoms with Crippen LogP contribution in [0.4, 0.5) is 5.13 Å². The third-order valence-corrected chi connectivity index (χ3v) is 6.97. The lowest BCUT2D eigenvalue weighted by atomic mass is 10.0. The van der Waals surface area contributed by atoms with E-state index in [2.05, 4.69) is 27.4 Å². The van der Waals surface area contributed by atoms with Crippen LogP contribution in [0.2, 0.25) is 0 Å². The summed E-state index contributed by atoms with van der Waals surface area (Å²) < 4.78 is 0. The van der Waals surface area contributed by atoms with Crippen molar-refractivity contribution in [2.75, 3.05) is 38.0 Å². The highest BCUT2D eigenvalue weighted by Crippen LogP contribution is 2.17. The van der Waals surface area contributed by atoms with E-state index in [0.29, 0.717) is 35.5 Å². The van der Waals surface area contributed by atoms with Crippen molar-refractivity contribution in [2.45, 2.75) is 58.4 Å². The zero-order valence-electron chi connectivity index (χ0n) is 20.8. The van der Waals surface area contributed by atoms with E-state index < -0.39 is 0 Å². The van der Waals surface area contributed by atoms with Gasteiger partial charge in [0.05, 0.1) is 12.1 Å². The van der Waals surface area contributed by atoms with Crippen LogP contribution in [-0.4, -0.2) is 71.3 Å². The van der Waals surface area contributed by atoms with Crippen LogP contribution in [0.1, 0.15) is 62.0 Å². The molecule has 1 atom stereocenters. The molecule has 9 heteroatoms. The number of rotatable bonds is 12. The summed E-state index contributed by atoms with van der Waals surface area (Å²) in [6, 6.07) is 9.59. The topological polar surface area (TPSA) is 94.6 Å². The summed E-state index contributed by atoms with van der Waals surface area (Å²) in [7, 11) is 0. The van der Waals surface area contributed by atoms with Crippen LogP contribution in [0, 0.1) is 0 Å². The second-order valence-electron chi connectivity index (χ2n) is 9.05. The fourth-order valence-electron chi connectivity index (χ4n) is 4.29. The van der Waals surface area contributed by atoms with Gasteiger partial charge in [0.25, 0.3) is 5.91 Å². The van der Waals surface area contributed by atoms with Gasteiger partial charge in [0, 0.05) is 36.6 Å². The Morgan fingerprint density at radius 1 is 1.17 bits per heavy atom. The molecule has 1 aliphatic heterocycles. The molecule has 1 aromatic heterocycles. The van der Waals surface area contributed by atoms with Gasteiger partial charge in [-0.25, -0.2) is 4.98 Å². The number of amides is 3. The van der Waals surface area contributed by atoms with E-state index in [0.717, 1.165) is 25.9 Å². The van der Waals surface area contributed by atoms with Gasteiger partial charge >= 0.3 is 0 Å². The number of hydrogen-bond donors (Lipinski definition) is 2. The van der Waals surface area contributed by atoms with Crippen molar-refractivity contribution in [3.05, 3.63) is 47.0 Å². The fraction of sp³-hybridized carbons (Fsp3) is 0.538. The standard InChI is InChI=1S/C26H37N5O3S/c1-3-14-31(25(34)21-11-5-4-6-12-21)18-24(33)29-26-28-22(19-35-26)17-23(32)27-13-9-16-30-15-8-7-10-20(30)2/h4-6,11-12,19-20H,3,7-10,13-18H2,1-2H3,(H,27,32)(H,28,29,33)/t20-/m0/s1. The minimum Gasteiger partial charge on any atom is -0.356 e. The quantitative estimate of drug-likeness (QED) is 0.436. The van der Waals surface area contributed by atoms with Gasteiger partial charge in [-0.2, -0.15) is 0 Å². The molecule has 3 rings (SSSR count). The van der Waals surface area contributed by atoms with Crippen molar-refractivity contribution in [1.82, 2.24) is 20.1 Å². The molecule has 2 heterocycles. The van der Waals surface area contributed by atoms with Crippen molar-refractivity contribution in [3.8, 4) is 0 Å². The van der Waals surface area contributed by atoms with Gasteiger partial charge < -0.3 is 20.4 Å². The number of hydrogen-bond acceptors (Lipinski definition) is 6. The molecule has 0 saturated carbocycles. The first kappa shape index (κ1) is 26.8. The summed E-state index contributed by atoms with van der Waals surface area (Å²) in [5.41, 5.74) is 1.18. The summed E-state index contributed by atoms with van der Waals surface area (Å²) in [5.74, 6) is -0.545. The average molecular weight is 500 g/mol. The van der Waals surface area contributed by atoms with Crippen LogP contribution in [0.5, 0.6) is 0 Å². The van der Waals surface area contributed by atoms with Gasteiger partial charge in [-0.15, -0.1) is 11.3 Å². The van der Waals surface area contributed by atoms with Crippen LogP contribution in [0.3, 0.4) is 0 Å². The lowest BCUT2D eigenvalue weighted by Crippen LogP contribution is -2.39. The molecule has 1 saturated heterocycles. The van der Waals surface area contributed by atoms with Gasteiger partial charge in [0.1, 0.15) is 6.54 Å². The largest absolute Gasteiger partial charge is 0.356 e. The monoisotopic (exact) mass is 499 g/mol. The first-order valence-corrected chi connectivity index (χ1v) is 13.4. The van der Waals surface area contributed by atoms with Crippen molar-refractivity contribution >= 4 is 34.2 Å². The Balaban J connectivity index is 1.40. The molecule has 0 aliphatic carbocycles. The number of aromatic nitrogens is 1. The zero-order chi connectivity index (χ0) is 25.0. The number of likely N-dealkylation sites (tertiary alicyclic amines) is 1. The lowest BCUT2D eigenvalue weighted by Gasteiger charge is -2.33. The SMILES string of the molecule is CCCN(CC(=O)Nc1nc(CC(=O)NCCCN2CCCC[C@@H]2C)cs1)C(=O)c1ccccc1. The molecule has 1 aromatic carbocycles. The van der Waals surface area contributed by atoms with Crippen LogP contribution >= 0.6 is 11.3 Å². The number of carbonyl (C=O) groups is 3. The molecular weight excluding hydrogens is 462 g/mol. The molecule has 1 aliphatic rings. The Bertz CT molecular complexity index is 965. The number of nitrogens with one attached hydrogen (secondary N) is 2. The van der Waals surface area contributed by atoms with E-state index >= 15 is 0 Å². The maximum Gasteiger partial charge on any atom is 0.254 e. The van der Waals surface area contributed by atoms with E-state index in [1.807, 2.05) is 13.0 Å².